The van der Waals surface area contributed by atoms with E-state index in [1.807, 2.05) is 0 Å². The van der Waals surface area contributed by atoms with E-state index in [4.69, 9.17) is 5.73 Å². The molecule has 18 heavy (non-hydrogen) atoms. The Morgan fingerprint density at radius 3 is 2.56 bits per heavy atom. The van der Waals surface area contributed by atoms with Crippen LogP contribution in [0.4, 0.5) is 13.2 Å². The molecule has 1 rings (SSSR count). The highest BCUT2D eigenvalue weighted by Gasteiger charge is 2.35. The summed E-state index contributed by atoms with van der Waals surface area (Å²) in [7, 11) is 1.05. The Morgan fingerprint density at radius 1 is 1.50 bits per heavy atom. The molecule has 0 amide bonds. The van der Waals surface area contributed by atoms with Gasteiger partial charge in [-0.05, 0) is 18.1 Å². The summed E-state index contributed by atoms with van der Waals surface area (Å²) in [6.07, 6.45) is -3.81. The van der Waals surface area contributed by atoms with Gasteiger partial charge in [-0.1, -0.05) is 0 Å². The molecule has 0 aliphatic rings. The first-order chi connectivity index (χ1) is 8.30. The minimum Gasteiger partial charge on any atom is -0.465 e. The number of hydrogen-bond donors (Lipinski definition) is 1. The van der Waals surface area contributed by atoms with E-state index in [2.05, 4.69) is 14.5 Å². The number of methoxy groups -OCH3 is 1. The molecule has 0 saturated carbocycles. The number of pyridine rings is 1. The lowest BCUT2D eigenvalue weighted by atomic mass is 10.1. The summed E-state index contributed by atoms with van der Waals surface area (Å²) < 4.78 is 44.6. The molecular formula is C10H11F3N2O3. The van der Waals surface area contributed by atoms with E-state index in [0.717, 1.165) is 13.3 Å². The van der Waals surface area contributed by atoms with Crippen molar-refractivity contribution in [2.75, 3.05) is 7.11 Å². The lowest BCUT2D eigenvalue weighted by Gasteiger charge is -2.14. The molecule has 0 radical (unpaired) electrons. The molecular weight excluding hydrogens is 253 g/mol. The highest BCUT2D eigenvalue weighted by Crippen LogP contribution is 2.28. The van der Waals surface area contributed by atoms with Crippen molar-refractivity contribution in [3.63, 3.8) is 0 Å². The van der Waals surface area contributed by atoms with Crippen LogP contribution in [0.15, 0.2) is 6.20 Å². The zero-order valence-corrected chi connectivity index (χ0v) is 9.67. The van der Waals surface area contributed by atoms with Crippen molar-refractivity contribution < 1.29 is 27.4 Å². The second-order valence-corrected chi connectivity index (χ2v) is 3.33. The summed E-state index contributed by atoms with van der Waals surface area (Å²) in [4.78, 5) is 14.9. The van der Waals surface area contributed by atoms with Gasteiger partial charge in [0.1, 0.15) is 5.56 Å². The summed E-state index contributed by atoms with van der Waals surface area (Å²) in [5.41, 5.74) is 5.69. The molecule has 0 bridgehead atoms. The first kappa shape index (κ1) is 14.2. The van der Waals surface area contributed by atoms with E-state index in [0.29, 0.717) is 5.56 Å². The second kappa shape index (κ2) is 5.21. The molecule has 1 heterocycles. The Bertz CT molecular complexity index is 460. The average molecular weight is 264 g/mol. The molecule has 0 saturated heterocycles. The molecule has 0 aromatic carbocycles. The highest BCUT2D eigenvalue weighted by atomic mass is 19.4. The molecule has 100 valence electrons. The molecule has 2 N–H and O–H groups in total. The second-order valence-electron chi connectivity index (χ2n) is 3.33. The molecule has 0 atom stereocenters. The van der Waals surface area contributed by atoms with Gasteiger partial charge in [0.2, 0.25) is 5.88 Å². The number of carbonyl (C=O) groups is 1. The minimum atomic E-state index is -4.94. The van der Waals surface area contributed by atoms with E-state index >= 15 is 0 Å². The van der Waals surface area contributed by atoms with Crippen LogP contribution >= 0.6 is 0 Å². The predicted molar refractivity (Wildman–Crippen MR) is 54.9 cm³/mol. The van der Waals surface area contributed by atoms with Gasteiger partial charge >= 0.3 is 12.3 Å². The van der Waals surface area contributed by atoms with Crippen molar-refractivity contribution in [3.05, 3.63) is 22.9 Å². The van der Waals surface area contributed by atoms with E-state index in [-0.39, 0.29) is 17.7 Å². The van der Waals surface area contributed by atoms with Crippen molar-refractivity contribution in [2.24, 2.45) is 5.73 Å². The quantitative estimate of drug-likeness (QED) is 0.838. The molecule has 5 nitrogen and oxygen atoms in total. The van der Waals surface area contributed by atoms with Gasteiger partial charge in [0.25, 0.3) is 0 Å². The van der Waals surface area contributed by atoms with Crippen molar-refractivity contribution in [2.45, 2.75) is 19.8 Å². The number of esters is 1. The molecule has 0 unspecified atom stereocenters. The Hall–Kier alpha value is -1.83. The van der Waals surface area contributed by atoms with E-state index in [1.165, 1.54) is 6.92 Å². The largest absolute Gasteiger partial charge is 0.574 e. The van der Waals surface area contributed by atoms with Crippen LogP contribution in [0.2, 0.25) is 0 Å². The van der Waals surface area contributed by atoms with E-state index in [9.17, 15) is 18.0 Å². The smallest absolute Gasteiger partial charge is 0.465 e. The van der Waals surface area contributed by atoms with Crippen LogP contribution in [0.5, 0.6) is 5.88 Å². The van der Waals surface area contributed by atoms with Crippen LogP contribution in [0.3, 0.4) is 0 Å². The molecule has 8 heteroatoms. The zero-order chi connectivity index (χ0) is 13.9. The van der Waals surface area contributed by atoms with Crippen LogP contribution in [0.25, 0.3) is 0 Å². The average Bonchev–Trinajstić information content (AvgIpc) is 2.26. The maximum absolute atomic E-state index is 12.2. The zero-order valence-electron chi connectivity index (χ0n) is 9.67. The van der Waals surface area contributed by atoms with Crippen molar-refractivity contribution in [3.8, 4) is 5.88 Å². The minimum absolute atomic E-state index is 0.0368. The van der Waals surface area contributed by atoms with Gasteiger partial charge < -0.3 is 15.2 Å². The van der Waals surface area contributed by atoms with Crippen molar-refractivity contribution in [1.82, 2.24) is 4.98 Å². The number of rotatable bonds is 3. The predicted octanol–water partition coefficient (Wildman–Crippen LogP) is 1.53. The molecule has 0 spiro atoms. The number of hydrogen-bond acceptors (Lipinski definition) is 5. The van der Waals surface area contributed by atoms with Gasteiger partial charge in [-0.15, -0.1) is 13.2 Å². The van der Waals surface area contributed by atoms with Gasteiger partial charge in [0, 0.05) is 12.7 Å². The number of halogens is 3. The van der Waals surface area contributed by atoms with Crippen LogP contribution in [0, 0.1) is 6.92 Å². The first-order valence-electron chi connectivity index (χ1n) is 4.82. The van der Waals surface area contributed by atoms with Gasteiger partial charge in [-0.3, -0.25) is 0 Å². The lowest BCUT2D eigenvalue weighted by molar-refractivity contribution is -0.276. The van der Waals surface area contributed by atoms with E-state index in [1.54, 1.807) is 0 Å². The maximum Gasteiger partial charge on any atom is 0.574 e. The van der Waals surface area contributed by atoms with Crippen molar-refractivity contribution in [1.29, 1.82) is 0 Å². The third-order valence-electron chi connectivity index (χ3n) is 2.23. The van der Waals surface area contributed by atoms with Gasteiger partial charge in [-0.2, -0.15) is 0 Å². The Kier molecular flexibility index (Phi) is 4.12. The first-order valence-corrected chi connectivity index (χ1v) is 4.82. The molecule has 0 fully saturated rings. The number of alkyl halides is 3. The van der Waals surface area contributed by atoms with Gasteiger partial charge in [-0.25, -0.2) is 9.78 Å². The Morgan fingerprint density at radius 2 is 2.11 bits per heavy atom. The highest BCUT2D eigenvalue weighted by molar-refractivity contribution is 5.93. The topological polar surface area (TPSA) is 74.4 Å². The van der Waals surface area contributed by atoms with Gasteiger partial charge in [0.15, 0.2) is 0 Å². The SMILES string of the molecule is COC(=O)c1c(OC(F)(F)F)ncc(CN)c1C. The third kappa shape index (κ3) is 3.10. The Labute approximate surface area is 101 Å². The lowest BCUT2D eigenvalue weighted by Crippen LogP contribution is -2.21. The summed E-state index contributed by atoms with van der Waals surface area (Å²) in [5.74, 6) is -1.81. The summed E-state index contributed by atoms with van der Waals surface area (Å²) >= 11 is 0. The molecule has 0 aliphatic heterocycles. The molecule has 1 aromatic heterocycles. The van der Waals surface area contributed by atoms with Crippen LogP contribution in [0.1, 0.15) is 21.5 Å². The molecule has 0 aliphatic carbocycles. The third-order valence-corrected chi connectivity index (χ3v) is 2.23. The normalized spacial score (nSPS) is 11.2. The number of ether oxygens (including phenoxy) is 2. The number of carbonyl (C=O) groups excluding carboxylic acids is 1. The fraction of sp³-hybridized carbons (Fsp3) is 0.400. The van der Waals surface area contributed by atoms with Crippen LogP contribution < -0.4 is 10.5 Å². The fourth-order valence-electron chi connectivity index (χ4n) is 1.35. The maximum atomic E-state index is 12.2. The van der Waals surface area contributed by atoms with Crippen LogP contribution in [-0.4, -0.2) is 24.4 Å². The van der Waals surface area contributed by atoms with Crippen molar-refractivity contribution >= 4 is 5.97 Å². The Balaban J connectivity index is 3.34. The summed E-state index contributed by atoms with van der Waals surface area (Å²) in [6, 6.07) is 0. The summed E-state index contributed by atoms with van der Waals surface area (Å²) in [6.45, 7) is 1.48. The monoisotopic (exact) mass is 264 g/mol. The number of aromatic nitrogens is 1. The van der Waals surface area contributed by atoms with Crippen LogP contribution in [-0.2, 0) is 11.3 Å². The van der Waals surface area contributed by atoms with Gasteiger partial charge in [0.05, 0.1) is 7.11 Å². The standard InChI is InChI=1S/C10H11F3N2O3/c1-5-6(3-14)4-15-8(18-10(11,12)13)7(5)9(16)17-2/h4H,3,14H2,1-2H3. The molecule has 1 aromatic rings. The number of nitrogens with two attached hydrogens (primary N) is 1. The fourth-order valence-corrected chi connectivity index (χ4v) is 1.35. The van der Waals surface area contributed by atoms with E-state index < -0.39 is 18.2 Å². The summed E-state index contributed by atoms with van der Waals surface area (Å²) in [5, 5.41) is 0. The number of nitrogens with zero attached hydrogens (tertiary/aromatic N) is 1.